The average molecular weight is 293 g/mol. The van der Waals surface area contributed by atoms with Gasteiger partial charge < -0.3 is 10.4 Å². The Hall–Kier alpha value is -1.49. The van der Waals surface area contributed by atoms with Crippen LogP contribution in [0.3, 0.4) is 0 Å². The molecule has 2 atom stereocenters. The van der Waals surface area contributed by atoms with Crippen molar-refractivity contribution in [3.8, 4) is 0 Å². The second-order valence-electron chi connectivity index (χ2n) is 4.96. The molecule has 2 N–H and O–H groups in total. The molecule has 0 saturated heterocycles. The first kappa shape index (κ1) is 14.9. The van der Waals surface area contributed by atoms with Gasteiger partial charge in [-0.05, 0) is 37.1 Å². The summed E-state index contributed by atoms with van der Waals surface area (Å²) in [5, 5.41) is 11.9. The zero-order chi connectivity index (χ0) is 14.5. The molecule has 0 bridgehead atoms. The number of carboxylic acid groups (broad SMARTS) is 1. The van der Waals surface area contributed by atoms with Crippen molar-refractivity contribution < 1.29 is 14.7 Å². The molecule has 0 spiro atoms. The molecule has 1 aliphatic rings. The van der Waals surface area contributed by atoms with Crippen molar-refractivity contribution >= 4 is 29.3 Å². The molecule has 4 nitrogen and oxygen atoms in total. The van der Waals surface area contributed by atoms with E-state index in [2.05, 4.69) is 12.2 Å². The number of anilines is 1. The van der Waals surface area contributed by atoms with Crippen molar-refractivity contribution in [3.63, 3.8) is 0 Å². The molecule has 1 aromatic rings. The van der Waals surface area contributed by atoms with Gasteiger partial charge in [0, 0.05) is 10.8 Å². The van der Waals surface area contributed by atoms with Crippen LogP contribution in [-0.2, 0) is 9.59 Å². The molecule has 1 amide bonds. The van der Waals surface area contributed by atoms with Crippen LogP contribution in [0.2, 0.25) is 0 Å². The van der Waals surface area contributed by atoms with E-state index >= 15 is 0 Å². The molecule has 2 rings (SSSR count). The summed E-state index contributed by atoms with van der Waals surface area (Å²) in [5.74, 6) is -0.459. The Morgan fingerprint density at radius 2 is 2.00 bits per heavy atom. The van der Waals surface area contributed by atoms with Crippen LogP contribution in [0.5, 0.6) is 0 Å². The zero-order valence-electron chi connectivity index (χ0n) is 11.5. The fourth-order valence-corrected chi connectivity index (χ4v) is 3.29. The Morgan fingerprint density at radius 3 is 2.65 bits per heavy atom. The molecular weight excluding hydrogens is 274 g/mol. The van der Waals surface area contributed by atoms with E-state index in [1.165, 1.54) is 0 Å². The van der Waals surface area contributed by atoms with E-state index in [1.54, 1.807) is 11.8 Å². The number of thioether (sulfide) groups is 1. The fraction of sp³-hybridized carbons (Fsp3) is 0.467. The topological polar surface area (TPSA) is 66.4 Å². The minimum atomic E-state index is -0.790. The van der Waals surface area contributed by atoms with E-state index in [1.807, 2.05) is 24.3 Å². The number of carboxylic acids is 1. The maximum absolute atomic E-state index is 12.2. The molecule has 1 saturated carbocycles. The van der Waals surface area contributed by atoms with Gasteiger partial charge >= 0.3 is 5.97 Å². The van der Waals surface area contributed by atoms with Crippen LogP contribution >= 0.6 is 11.8 Å². The van der Waals surface area contributed by atoms with Crippen LogP contribution in [0.15, 0.2) is 29.2 Å². The summed E-state index contributed by atoms with van der Waals surface area (Å²) in [6, 6.07) is 7.71. The van der Waals surface area contributed by atoms with Crippen molar-refractivity contribution in [2.45, 2.75) is 31.1 Å². The van der Waals surface area contributed by atoms with Crippen LogP contribution in [0.25, 0.3) is 0 Å². The van der Waals surface area contributed by atoms with E-state index in [9.17, 15) is 9.59 Å². The van der Waals surface area contributed by atoms with Crippen molar-refractivity contribution in [2.75, 3.05) is 11.1 Å². The predicted molar refractivity (Wildman–Crippen MR) is 79.9 cm³/mol. The summed E-state index contributed by atoms with van der Waals surface area (Å²) >= 11 is 1.68. The van der Waals surface area contributed by atoms with Crippen LogP contribution in [-0.4, -0.2) is 22.7 Å². The number of para-hydroxylation sites is 1. The summed E-state index contributed by atoms with van der Waals surface area (Å²) in [6.07, 6.45) is 1.70. The van der Waals surface area contributed by atoms with Gasteiger partial charge in [-0.25, -0.2) is 0 Å². The number of carbonyl (C=O) groups is 2. The van der Waals surface area contributed by atoms with Crippen molar-refractivity contribution in [1.82, 2.24) is 0 Å². The van der Waals surface area contributed by atoms with Gasteiger partial charge in [0.05, 0.1) is 11.6 Å². The number of benzene rings is 1. The van der Waals surface area contributed by atoms with Crippen molar-refractivity contribution in [2.24, 2.45) is 11.8 Å². The second kappa shape index (κ2) is 6.79. The van der Waals surface area contributed by atoms with Gasteiger partial charge in [-0.2, -0.15) is 0 Å². The monoisotopic (exact) mass is 293 g/mol. The first-order chi connectivity index (χ1) is 9.61. The summed E-state index contributed by atoms with van der Waals surface area (Å²) < 4.78 is 0. The number of nitrogens with one attached hydrogen (secondary N) is 1. The van der Waals surface area contributed by atoms with E-state index in [0.717, 1.165) is 16.3 Å². The highest BCUT2D eigenvalue weighted by molar-refractivity contribution is 7.99. The molecule has 1 aromatic carbocycles. The van der Waals surface area contributed by atoms with E-state index in [-0.39, 0.29) is 17.7 Å². The highest BCUT2D eigenvalue weighted by Gasteiger charge is 2.33. The van der Waals surface area contributed by atoms with Crippen LogP contribution in [0.1, 0.15) is 26.2 Å². The number of hydrogen-bond acceptors (Lipinski definition) is 3. The summed E-state index contributed by atoms with van der Waals surface area (Å²) in [4.78, 5) is 24.2. The number of aliphatic carboxylic acids is 1. The predicted octanol–water partition coefficient (Wildman–Crippen LogP) is 3.24. The third kappa shape index (κ3) is 3.54. The van der Waals surface area contributed by atoms with E-state index < -0.39 is 5.97 Å². The summed E-state index contributed by atoms with van der Waals surface area (Å²) in [7, 11) is 0. The standard InChI is InChI=1S/C15H19NO3S/c1-2-20-13-6-4-3-5-12(13)16-14(17)10-7-8-11(9-10)15(18)19/h3-6,10-11H,2,7-9H2,1H3,(H,16,17)(H,18,19)/t10-,11+/m1/s1. The Bertz CT molecular complexity index is 504. The van der Waals surface area contributed by atoms with Gasteiger partial charge in [0.2, 0.25) is 5.91 Å². The molecule has 20 heavy (non-hydrogen) atoms. The lowest BCUT2D eigenvalue weighted by molar-refractivity contribution is -0.141. The summed E-state index contributed by atoms with van der Waals surface area (Å²) in [6.45, 7) is 2.07. The highest BCUT2D eigenvalue weighted by atomic mass is 32.2. The molecule has 0 heterocycles. The zero-order valence-corrected chi connectivity index (χ0v) is 12.3. The van der Waals surface area contributed by atoms with Crippen molar-refractivity contribution in [3.05, 3.63) is 24.3 Å². The quantitative estimate of drug-likeness (QED) is 0.818. The van der Waals surface area contributed by atoms with E-state index in [4.69, 9.17) is 5.11 Å². The van der Waals surface area contributed by atoms with Crippen LogP contribution < -0.4 is 5.32 Å². The lowest BCUT2D eigenvalue weighted by Gasteiger charge is -2.13. The molecule has 1 fully saturated rings. The Balaban J connectivity index is 2.00. The van der Waals surface area contributed by atoms with Gasteiger partial charge in [0.1, 0.15) is 0 Å². The number of amides is 1. The molecule has 0 unspecified atom stereocenters. The highest BCUT2D eigenvalue weighted by Crippen LogP contribution is 2.33. The second-order valence-corrected chi connectivity index (χ2v) is 6.27. The minimum absolute atomic E-state index is 0.0575. The van der Waals surface area contributed by atoms with Crippen LogP contribution in [0.4, 0.5) is 5.69 Å². The van der Waals surface area contributed by atoms with Gasteiger partial charge in [0.15, 0.2) is 0 Å². The number of carbonyl (C=O) groups excluding carboxylic acids is 1. The molecular formula is C15H19NO3S. The first-order valence-corrected chi connectivity index (χ1v) is 7.86. The van der Waals surface area contributed by atoms with Gasteiger partial charge in [-0.3, -0.25) is 9.59 Å². The summed E-state index contributed by atoms with van der Waals surface area (Å²) in [5.41, 5.74) is 0.822. The molecule has 1 aliphatic carbocycles. The molecule has 0 radical (unpaired) electrons. The third-order valence-corrected chi connectivity index (χ3v) is 4.55. The van der Waals surface area contributed by atoms with Gasteiger partial charge in [-0.15, -0.1) is 11.8 Å². The fourth-order valence-electron chi connectivity index (χ4n) is 2.53. The largest absolute Gasteiger partial charge is 0.481 e. The Morgan fingerprint density at radius 1 is 1.30 bits per heavy atom. The lowest BCUT2D eigenvalue weighted by atomic mass is 10.0. The number of rotatable bonds is 5. The van der Waals surface area contributed by atoms with Gasteiger partial charge in [-0.1, -0.05) is 19.1 Å². The SMILES string of the molecule is CCSc1ccccc1NC(=O)[C@@H]1CC[C@H](C(=O)O)C1. The van der Waals surface area contributed by atoms with Crippen LogP contribution in [0, 0.1) is 11.8 Å². The van der Waals surface area contributed by atoms with Crippen molar-refractivity contribution in [1.29, 1.82) is 0 Å². The normalized spacial score (nSPS) is 21.6. The maximum Gasteiger partial charge on any atom is 0.306 e. The molecule has 0 aromatic heterocycles. The van der Waals surface area contributed by atoms with Gasteiger partial charge in [0.25, 0.3) is 0 Å². The molecule has 5 heteroatoms. The Labute approximate surface area is 123 Å². The Kier molecular flexibility index (Phi) is 5.06. The smallest absolute Gasteiger partial charge is 0.306 e. The first-order valence-electron chi connectivity index (χ1n) is 6.87. The third-order valence-electron chi connectivity index (χ3n) is 3.60. The average Bonchev–Trinajstić information content (AvgIpc) is 2.91. The molecule has 108 valence electrons. The minimum Gasteiger partial charge on any atom is -0.481 e. The lowest BCUT2D eigenvalue weighted by Crippen LogP contribution is -2.22. The number of hydrogen-bond donors (Lipinski definition) is 2. The molecule has 0 aliphatic heterocycles. The maximum atomic E-state index is 12.2. The van der Waals surface area contributed by atoms with E-state index in [0.29, 0.717) is 19.3 Å².